The van der Waals surface area contributed by atoms with E-state index in [-0.39, 0.29) is 0 Å². The van der Waals surface area contributed by atoms with Crippen molar-refractivity contribution < 1.29 is 0 Å². The van der Waals surface area contributed by atoms with Crippen molar-refractivity contribution >= 4 is 39.7 Å². The molecule has 0 fully saturated rings. The maximum atomic E-state index is 5.79. The number of thiocarbonyl (C=S) groups is 1. The number of hydrogen-bond acceptors (Lipinski definition) is 2. The molecule has 29 heavy (non-hydrogen) atoms. The van der Waals surface area contributed by atoms with Gasteiger partial charge in [0.25, 0.3) is 0 Å². The lowest BCUT2D eigenvalue weighted by atomic mass is 10.2. The van der Waals surface area contributed by atoms with Gasteiger partial charge in [-0.15, -0.1) is 0 Å². The highest BCUT2D eigenvalue weighted by molar-refractivity contribution is 7.81. The van der Waals surface area contributed by atoms with Crippen LogP contribution in [0.5, 0.6) is 0 Å². The molecule has 3 aromatic carbocycles. The van der Waals surface area contributed by atoms with Gasteiger partial charge in [0.15, 0.2) is 0 Å². The van der Waals surface area contributed by atoms with E-state index in [9.17, 15) is 0 Å². The molecule has 0 bridgehead atoms. The molecule has 4 nitrogen and oxygen atoms in total. The topological polar surface area (TPSA) is 34.3 Å². The average molecular weight is 397 g/mol. The van der Waals surface area contributed by atoms with Gasteiger partial charge in [-0.2, -0.15) is 0 Å². The van der Waals surface area contributed by atoms with Gasteiger partial charge in [0.05, 0.1) is 23.3 Å². The van der Waals surface area contributed by atoms with E-state index < -0.39 is 0 Å². The van der Waals surface area contributed by atoms with Crippen LogP contribution < -0.4 is 5.32 Å². The van der Waals surface area contributed by atoms with Gasteiger partial charge in [0.1, 0.15) is 10.7 Å². The highest BCUT2D eigenvalue weighted by atomic mass is 32.1. The Kier molecular flexibility index (Phi) is 4.37. The van der Waals surface area contributed by atoms with E-state index in [0.717, 1.165) is 40.4 Å². The van der Waals surface area contributed by atoms with Crippen LogP contribution in [0.25, 0.3) is 16.8 Å². The summed E-state index contributed by atoms with van der Waals surface area (Å²) in [5, 5.41) is 3.36. The number of anilines is 1. The van der Waals surface area contributed by atoms with Crippen molar-refractivity contribution in [1.29, 1.82) is 0 Å². The third-order valence-electron chi connectivity index (χ3n) is 5.12. The van der Waals surface area contributed by atoms with Crippen molar-refractivity contribution in [3.8, 4) is 0 Å². The lowest BCUT2D eigenvalue weighted by molar-refractivity contribution is 0.844. The van der Waals surface area contributed by atoms with Crippen molar-refractivity contribution in [3.05, 3.63) is 102 Å². The molecule has 0 aliphatic carbocycles. The summed E-state index contributed by atoms with van der Waals surface area (Å²) < 4.78 is 4.43. The maximum absolute atomic E-state index is 5.79. The van der Waals surface area contributed by atoms with Gasteiger partial charge in [0, 0.05) is 5.69 Å². The minimum Gasteiger partial charge on any atom is -0.345 e. The van der Waals surface area contributed by atoms with E-state index in [1.165, 1.54) is 5.56 Å². The second kappa shape index (κ2) is 7.18. The van der Waals surface area contributed by atoms with Crippen LogP contribution in [-0.2, 0) is 6.54 Å². The first-order valence-electron chi connectivity index (χ1n) is 9.59. The van der Waals surface area contributed by atoms with Gasteiger partial charge in [-0.25, -0.2) is 4.98 Å². The van der Waals surface area contributed by atoms with E-state index in [1.807, 2.05) is 43.3 Å². The molecular formula is C24H20N4S. The molecule has 0 saturated heterocycles. The SMILES string of the molecule is Cc1nc2n(Cc3ccccc3)c3ccccc3n2c1C(=S)Nc1ccccc1. The number of fused-ring (bicyclic) bond motifs is 3. The number of rotatable bonds is 4. The molecule has 5 heteroatoms. The van der Waals surface area contributed by atoms with Crippen LogP contribution in [0, 0.1) is 6.92 Å². The summed E-state index contributed by atoms with van der Waals surface area (Å²) in [5.74, 6) is 0.903. The Morgan fingerprint density at radius 3 is 2.21 bits per heavy atom. The summed E-state index contributed by atoms with van der Waals surface area (Å²) in [6, 6.07) is 28.9. The lowest BCUT2D eigenvalue weighted by Crippen LogP contribution is -2.14. The van der Waals surface area contributed by atoms with Gasteiger partial charge in [-0.3, -0.25) is 4.40 Å². The molecule has 1 N–H and O–H groups in total. The summed E-state index contributed by atoms with van der Waals surface area (Å²) >= 11 is 5.79. The molecule has 0 spiro atoms. The van der Waals surface area contributed by atoms with Crippen molar-refractivity contribution in [2.45, 2.75) is 13.5 Å². The Hall–Kier alpha value is -3.44. The fraction of sp³-hybridized carbons (Fsp3) is 0.0833. The quantitative estimate of drug-likeness (QED) is 0.411. The minimum atomic E-state index is 0.670. The number of para-hydroxylation sites is 3. The van der Waals surface area contributed by atoms with Crippen LogP contribution >= 0.6 is 12.2 Å². The number of aromatic nitrogens is 3. The van der Waals surface area contributed by atoms with Crippen LogP contribution in [0.1, 0.15) is 17.0 Å². The first kappa shape index (κ1) is 17.6. The number of benzene rings is 3. The molecule has 2 heterocycles. The largest absolute Gasteiger partial charge is 0.345 e. The zero-order chi connectivity index (χ0) is 19.8. The highest BCUT2D eigenvalue weighted by Gasteiger charge is 2.20. The van der Waals surface area contributed by atoms with E-state index >= 15 is 0 Å². The van der Waals surface area contributed by atoms with Crippen LogP contribution in [0.3, 0.4) is 0 Å². The predicted molar refractivity (Wildman–Crippen MR) is 123 cm³/mol. The molecular weight excluding hydrogens is 376 g/mol. The Balaban J connectivity index is 1.68. The second-order valence-corrected chi connectivity index (χ2v) is 7.47. The zero-order valence-electron chi connectivity index (χ0n) is 16.0. The molecule has 0 atom stereocenters. The standard InChI is InChI=1S/C24H20N4S/c1-17-22(23(29)26-19-12-6-3-7-13-19)28-21-15-9-8-14-20(21)27(24(28)25-17)16-18-10-4-2-5-11-18/h2-15H,16H2,1H3,(H,26,29). The Morgan fingerprint density at radius 2 is 1.48 bits per heavy atom. The van der Waals surface area contributed by atoms with Gasteiger partial charge in [-0.05, 0) is 36.8 Å². The minimum absolute atomic E-state index is 0.670. The molecule has 142 valence electrons. The molecule has 2 aromatic heterocycles. The fourth-order valence-corrected chi connectivity index (χ4v) is 4.17. The summed E-state index contributed by atoms with van der Waals surface area (Å²) in [7, 11) is 0. The normalized spacial score (nSPS) is 11.2. The van der Waals surface area contributed by atoms with Crippen LogP contribution in [-0.4, -0.2) is 18.9 Å². The van der Waals surface area contributed by atoms with Gasteiger partial charge >= 0.3 is 0 Å². The molecule has 0 unspecified atom stereocenters. The van der Waals surface area contributed by atoms with Crippen molar-refractivity contribution in [2.24, 2.45) is 0 Å². The lowest BCUT2D eigenvalue weighted by Gasteiger charge is -2.08. The molecule has 0 saturated carbocycles. The number of nitrogens with zero attached hydrogens (tertiary/aromatic N) is 3. The van der Waals surface area contributed by atoms with Gasteiger partial charge < -0.3 is 9.88 Å². The maximum Gasteiger partial charge on any atom is 0.216 e. The molecule has 0 amide bonds. The molecule has 5 rings (SSSR count). The zero-order valence-corrected chi connectivity index (χ0v) is 16.9. The second-order valence-electron chi connectivity index (χ2n) is 7.06. The van der Waals surface area contributed by atoms with Crippen LogP contribution in [0.15, 0.2) is 84.9 Å². The van der Waals surface area contributed by atoms with Crippen molar-refractivity contribution in [1.82, 2.24) is 14.0 Å². The molecule has 0 radical (unpaired) electrons. The number of hydrogen-bond donors (Lipinski definition) is 1. The number of nitrogens with one attached hydrogen (secondary N) is 1. The third-order valence-corrected chi connectivity index (χ3v) is 5.41. The van der Waals surface area contributed by atoms with Gasteiger partial charge in [0.2, 0.25) is 5.78 Å². The third kappa shape index (κ3) is 3.09. The first-order chi connectivity index (χ1) is 14.2. The Morgan fingerprint density at radius 1 is 0.862 bits per heavy atom. The van der Waals surface area contributed by atoms with E-state index in [0.29, 0.717) is 4.99 Å². The fourth-order valence-electron chi connectivity index (χ4n) is 3.81. The van der Waals surface area contributed by atoms with Crippen molar-refractivity contribution in [3.63, 3.8) is 0 Å². The van der Waals surface area contributed by atoms with Crippen LogP contribution in [0.4, 0.5) is 5.69 Å². The van der Waals surface area contributed by atoms with Crippen LogP contribution in [0.2, 0.25) is 0 Å². The highest BCUT2D eigenvalue weighted by Crippen LogP contribution is 2.26. The van der Waals surface area contributed by atoms with Crippen molar-refractivity contribution in [2.75, 3.05) is 5.32 Å². The number of imidazole rings is 2. The summed E-state index contributed by atoms with van der Waals surface area (Å²) in [5.41, 5.74) is 6.31. The smallest absolute Gasteiger partial charge is 0.216 e. The van der Waals surface area contributed by atoms with E-state index in [4.69, 9.17) is 17.2 Å². The molecule has 0 aliphatic rings. The van der Waals surface area contributed by atoms with E-state index in [2.05, 4.69) is 62.8 Å². The monoisotopic (exact) mass is 396 g/mol. The Labute approximate surface area is 174 Å². The molecule has 5 aromatic rings. The first-order valence-corrected chi connectivity index (χ1v) is 10.00. The molecule has 0 aliphatic heterocycles. The van der Waals surface area contributed by atoms with Gasteiger partial charge in [-0.1, -0.05) is 72.9 Å². The van der Waals surface area contributed by atoms with E-state index in [1.54, 1.807) is 0 Å². The summed E-state index contributed by atoms with van der Waals surface area (Å²) in [6.45, 7) is 2.77. The average Bonchev–Trinajstić information content (AvgIpc) is 3.23. The Bertz CT molecular complexity index is 1320. The number of aryl methyl sites for hydroxylation is 1. The summed E-state index contributed by atoms with van der Waals surface area (Å²) in [4.78, 5) is 5.58. The predicted octanol–water partition coefficient (Wildman–Crippen LogP) is 5.43. The summed E-state index contributed by atoms with van der Waals surface area (Å²) in [6.07, 6.45) is 0.